The van der Waals surface area contributed by atoms with E-state index >= 15 is 0 Å². The molecular weight excluding hydrogens is 334 g/mol. The molecule has 0 fully saturated rings. The number of aryl methyl sites for hydroxylation is 1. The van der Waals surface area contributed by atoms with Crippen molar-refractivity contribution in [2.75, 3.05) is 0 Å². The lowest BCUT2D eigenvalue weighted by Crippen LogP contribution is -2.22. The first-order chi connectivity index (χ1) is 9.60. The summed E-state index contributed by atoms with van der Waals surface area (Å²) in [7, 11) is 0. The summed E-state index contributed by atoms with van der Waals surface area (Å²) in [5.41, 5.74) is 9.63. The van der Waals surface area contributed by atoms with Crippen molar-refractivity contribution in [3.63, 3.8) is 0 Å². The Balaban J connectivity index is 2.20. The van der Waals surface area contributed by atoms with Gasteiger partial charge in [-0.25, -0.2) is 0 Å². The smallest absolute Gasteiger partial charge is 0.126 e. The summed E-state index contributed by atoms with van der Waals surface area (Å²) in [6.45, 7) is 4.80. The summed E-state index contributed by atoms with van der Waals surface area (Å²) in [6, 6.07) is 6.47. The summed E-state index contributed by atoms with van der Waals surface area (Å²) in [5.74, 6) is 0.975. The summed E-state index contributed by atoms with van der Waals surface area (Å²) >= 11 is 5.25. The van der Waals surface area contributed by atoms with Crippen LogP contribution in [-0.4, -0.2) is 6.04 Å². The number of benzene rings is 1. The van der Waals surface area contributed by atoms with Crippen molar-refractivity contribution in [3.8, 4) is 5.75 Å². The van der Waals surface area contributed by atoms with Gasteiger partial charge in [-0.05, 0) is 65.4 Å². The largest absolute Gasteiger partial charge is 0.488 e. The van der Waals surface area contributed by atoms with Crippen molar-refractivity contribution >= 4 is 27.3 Å². The molecule has 1 atom stereocenters. The minimum atomic E-state index is 0.173. The summed E-state index contributed by atoms with van der Waals surface area (Å²) in [5, 5.41) is 4.19. The molecule has 0 saturated heterocycles. The Morgan fingerprint density at radius 1 is 1.40 bits per heavy atom. The average Bonchev–Trinajstić information content (AvgIpc) is 2.90. The molecule has 0 bridgehead atoms. The Morgan fingerprint density at radius 3 is 2.85 bits per heavy atom. The number of nitrogens with two attached hydrogens (primary N) is 1. The van der Waals surface area contributed by atoms with E-state index in [4.69, 9.17) is 10.5 Å². The van der Waals surface area contributed by atoms with Gasteiger partial charge in [0.05, 0.1) is 0 Å². The van der Waals surface area contributed by atoms with Gasteiger partial charge in [0.2, 0.25) is 0 Å². The number of halogens is 1. The molecule has 0 aliphatic heterocycles. The lowest BCUT2D eigenvalue weighted by molar-refractivity contribution is 0.300. The molecule has 2 N–H and O–H groups in total. The molecule has 2 aromatic rings. The van der Waals surface area contributed by atoms with Gasteiger partial charge in [-0.1, -0.05) is 22.9 Å². The average molecular weight is 354 g/mol. The van der Waals surface area contributed by atoms with Crippen molar-refractivity contribution in [1.82, 2.24) is 0 Å². The molecule has 0 saturated carbocycles. The number of rotatable bonds is 6. The molecule has 0 aliphatic rings. The van der Waals surface area contributed by atoms with E-state index in [1.807, 2.05) is 0 Å². The van der Waals surface area contributed by atoms with E-state index in [2.05, 4.69) is 58.7 Å². The van der Waals surface area contributed by atoms with Crippen molar-refractivity contribution in [3.05, 3.63) is 50.1 Å². The maximum atomic E-state index is 6.10. The molecule has 108 valence electrons. The van der Waals surface area contributed by atoms with Crippen molar-refractivity contribution in [2.45, 2.75) is 39.3 Å². The minimum absolute atomic E-state index is 0.173. The van der Waals surface area contributed by atoms with Crippen molar-refractivity contribution < 1.29 is 4.74 Å². The monoisotopic (exact) mass is 353 g/mol. The van der Waals surface area contributed by atoms with Gasteiger partial charge in [-0.2, -0.15) is 11.3 Å². The molecule has 20 heavy (non-hydrogen) atoms. The molecule has 2 rings (SSSR count). The Labute approximate surface area is 133 Å². The van der Waals surface area contributed by atoms with Gasteiger partial charge in [0.1, 0.15) is 12.4 Å². The second-order valence-electron chi connectivity index (χ2n) is 5.00. The predicted molar refractivity (Wildman–Crippen MR) is 89.5 cm³/mol. The van der Waals surface area contributed by atoms with Crippen molar-refractivity contribution in [2.24, 2.45) is 5.73 Å². The van der Waals surface area contributed by atoms with Crippen molar-refractivity contribution in [1.29, 1.82) is 0 Å². The molecule has 1 aromatic heterocycles. The third kappa shape index (κ3) is 4.08. The van der Waals surface area contributed by atoms with E-state index < -0.39 is 0 Å². The van der Waals surface area contributed by atoms with Crippen LogP contribution in [0.4, 0.5) is 0 Å². The SMILES string of the molecule is CCC(N)Cc1cc(Br)cc(C)c1OCc1ccsc1. The van der Waals surface area contributed by atoms with Gasteiger partial charge in [0.25, 0.3) is 0 Å². The Bertz CT molecular complexity index is 554. The number of thiophene rings is 1. The van der Waals surface area contributed by atoms with Gasteiger partial charge in [-0.15, -0.1) is 0 Å². The van der Waals surface area contributed by atoms with Crippen LogP contribution in [0.5, 0.6) is 5.75 Å². The molecule has 4 heteroatoms. The lowest BCUT2D eigenvalue weighted by atomic mass is 10.0. The van der Waals surface area contributed by atoms with Crippen LogP contribution >= 0.6 is 27.3 Å². The lowest BCUT2D eigenvalue weighted by Gasteiger charge is -2.17. The second-order valence-corrected chi connectivity index (χ2v) is 6.70. The maximum Gasteiger partial charge on any atom is 0.126 e. The third-order valence-electron chi connectivity index (χ3n) is 3.29. The van der Waals surface area contributed by atoms with Crippen LogP contribution in [0.1, 0.15) is 30.0 Å². The van der Waals surface area contributed by atoms with Gasteiger partial charge < -0.3 is 10.5 Å². The molecule has 1 aromatic carbocycles. The molecule has 2 nitrogen and oxygen atoms in total. The topological polar surface area (TPSA) is 35.2 Å². The first-order valence-electron chi connectivity index (χ1n) is 6.78. The van der Waals surface area contributed by atoms with E-state index in [0.717, 1.165) is 28.6 Å². The Hall–Kier alpha value is -0.840. The van der Waals surface area contributed by atoms with Crippen LogP contribution < -0.4 is 10.5 Å². The van der Waals surface area contributed by atoms with E-state index in [9.17, 15) is 0 Å². The Morgan fingerprint density at radius 2 is 2.20 bits per heavy atom. The molecule has 0 radical (unpaired) electrons. The Kier molecular flexibility index (Phi) is 5.64. The quantitative estimate of drug-likeness (QED) is 0.818. The van der Waals surface area contributed by atoms with Gasteiger partial charge in [0, 0.05) is 10.5 Å². The number of hydrogen-bond donors (Lipinski definition) is 1. The van der Waals surface area contributed by atoms with Crippen LogP contribution in [0.15, 0.2) is 33.4 Å². The van der Waals surface area contributed by atoms with E-state index in [0.29, 0.717) is 6.61 Å². The zero-order valence-electron chi connectivity index (χ0n) is 11.9. The summed E-state index contributed by atoms with van der Waals surface area (Å²) < 4.78 is 7.12. The summed E-state index contributed by atoms with van der Waals surface area (Å²) in [6.07, 6.45) is 1.81. The highest BCUT2D eigenvalue weighted by Crippen LogP contribution is 2.30. The molecule has 1 unspecified atom stereocenters. The summed E-state index contributed by atoms with van der Waals surface area (Å²) in [4.78, 5) is 0. The zero-order valence-corrected chi connectivity index (χ0v) is 14.3. The van der Waals surface area contributed by atoms with Gasteiger partial charge in [0.15, 0.2) is 0 Å². The fourth-order valence-electron chi connectivity index (χ4n) is 2.11. The molecule has 0 amide bonds. The van der Waals surface area contributed by atoms with Crippen LogP contribution in [-0.2, 0) is 13.0 Å². The van der Waals surface area contributed by atoms with E-state index in [-0.39, 0.29) is 6.04 Å². The molecule has 1 heterocycles. The highest BCUT2D eigenvalue weighted by molar-refractivity contribution is 9.10. The zero-order chi connectivity index (χ0) is 14.5. The standard InChI is InChI=1S/C16H20BrNOS/c1-3-15(18)8-13-7-14(17)6-11(2)16(13)19-9-12-4-5-20-10-12/h4-7,10,15H,3,8-9,18H2,1-2H3. The van der Waals surface area contributed by atoms with Crippen LogP contribution in [0.2, 0.25) is 0 Å². The van der Waals surface area contributed by atoms with Crippen LogP contribution in [0, 0.1) is 6.92 Å². The minimum Gasteiger partial charge on any atom is -0.488 e. The van der Waals surface area contributed by atoms with E-state index in [1.54, 1.807) is 11.3 Å². The van der Waals surface area contributed by atoms with E-state index in [1.165, 1.54) is 11.1 Å². The number of ether oxygens (including phenoxy) is 1. The first-order valence-corrected chi connectivity index (χ1v) is 8.52. The fourth-order valence-corrected chi connectivity index (χ4v) is 3.39. The number of hydrogen-bond acceptors (Lipinski definition) is 3. The maximum absolute atomic E-state index is 6.10. The third-order valence-corrected chi connectivity index (χ3v) is 4.48. The first kappa shape index (κ1) is 15.5. The predicted octanol–water partition coefficient (Wildman–Crippen LogP) is 4.68. The van der Waals surface area contributed by atoms with Gasteiger partial charge in [-0.3, -0.25) is 0 Å². The second kappa shape index (κ2) is 7.25. The molecule has 0 spiro atoms. The van der Waals surface area contributed by atoms with Crippen LogP contribution in [0.3, 0.4) is 0 Å². The normalized spacial score (nSPS) is 12.4. The molecular formula is C16H20BrNOS. The fraction of sp³-hybridized carbons (Fsp3) is 0.375. The van der Waals surface area contributed by atoms with Crippen LogP contribution in [0.25, 0.3) is 0 Å². The highest BCUT2D eigenvalue weighted by Gasteiger charge is 2.12. The highest BCUT2D eigenvalue weighted by atomic mass is 79.9. The van der Waals surface area contributed by atoms with Gasteiger partial charge >= 0.3 is 0 Å². The molecule has 0 aliphatic carbocycles.